The lowest BCUT2D eigenvalue weighted by Crippen LogP contribution is -2.52. The number of fused-ring (bicyclic) bond motifs is 3. The molecule has 0 radical (unpaired) electrons. The molecule has 0 aromatic heterocycles. The average molecular weight is 391 g/mol. The van der Waals surface area contributed by atoms with Gasteiger partial charge in [0.15, 0.2) is 0 Å². The molecule has 29 heavy (non-hydrogen) atoms. The molecule has 2 aromatic rings. The van der Waals surface area contributed by atoms with Crippen molar-refractivity contribution >= 4 is 17.5 Å². The average Bonchev–Trinajstić information content (AvgIpc) is 3.36. The zero-order chi connectivity index (χ0) is 20.2. The Hall–Kier alpha value is -2.70. The van der Waals surface area contributed by atoms with Crippen LogP contribution in [0.15, 0.2) is 54.6 Å². The van der Waals surface area contributed by atoms with Gasteiger partial charge in [-0.15, -0.1) is 0 Å². The van der Waals surface area contributed by atoms with E-state index in [1.54, 1.807) is 12.1 Å². The van der Waals surface area contributed by atoms with Crippen molar-refractivity contribution in [3.05, 3.63) is 60.2 Å². The van der Waals surface area contributed by atoms with Gasteiger partial charge in [0.2, 0.25) is 5.91 Å². The number of hydrazine groups is 1. The molecule has 0 bridgehead atoms. The largest absolute Gasteiger partial charge is 0.494 e. The fourth-order valence-corrected chi connectivity index (χ4v) is 5.26. The second-order valence-electron chi connectivity index (χ2n) is 8.03. The molecule has 6 nitrogen and oxygen atoms in total. The number of benzene rings is 2. The number of carbonyl (C=O) groups excluding carboxylic acids is 2. The standard InChI is InChI=1S/C23H25N3O3/c1-3-29-18-12-10-17(11-13-18)26-21(27)19-20(16-8-5-4-6-9-16)24-14-7-15-25(24)23(19,2)22(26)28/h4-6,8-13,19-20H,3,7,14-15H2,1-2H3/t19-,20-,23+/m0/s1. The fourth-order valence-electron chi connectivity index (χ4n) is 5.26. The number of amides is 2. The highest BCUT2D eigenvalue weighted by Gasteiger charge is 2.70. The van der Waals surface area contributed by atoms with Crippen LogP contribution in [-0.2, 0) is 9.59 Å². The predicted octanol–water partition coefficient (Wildman–Crippen LogP) is 3.01. The first kappa shape index (κ1) is 18.3. The molecule has 2 aromatic carbocycles. The van der Waals surface area contributed by atoms with Crippen molar-refractivity contribution in [1.29, 1.82) is 0 Å². The minimum absolute atomic E-state index is 0.118. The number of hydrogen-bond donors (Lipinski definition) is 0. The summed E-state index contributed by atoms with van der Waals surface area (Å²) in [6, 6.07) is 17.2. The van der Waals surface area contributed by atoms with Crippen LogP contribution < -0.4 is 9.64 Å². The van der Waals surface area contributed by atoms with Crippen molar-refractivity contribution in [2.45, 2.75) is 31.8 Å². The van der Waals surface area contributed by atoms with Crippen LogP contribution in [0.3, 0.4) is 0 Å². The lowest BCUT2D eigenvalue weighted by molar-refractivity contribution is -0.131. The SMILES string of the molecule is CCOc1ccc(N2C(=O)[C@@H]3[C@H](c4ccccc4)N4CCCN4[C@@]3(C)C2=O)cc1. The Kier molecular flexibility index (Phi) is 4.22. The molecule has 3 heterocycles. The lowest BCUT2D eigenvalue weighted by atomic mass is 9.81. The van der Waals surface area contributed by atoms with E-state index in [-0.39, 0.29) is 17.9 Å². The van der Waals surface area contributed by atoms with E-state index in [0.717, 1.165) is 30.8 Å². The number of carbonyl (C=O) groups is 2. The number of imide groups is 1. The molecule has 150 valence electrons. The van der Waals surface area contributed by atoms with Gasteiger partial charge in [-0.05, 0) is 50.1 Å². The van der Waals surface area contributed by atoms with Crippen LogP contribution in [0.5, 0.6) is 5.75 Å². The molecule has 0 aliphatic carbocycles. The molecular formula is C23H25N3O3. The maximum absolute atomic E-state index is 13.7. The van der Waals surface area contributed by atoms with Gasteiger partial charge >= 0.3 is 0 Å². The Morgan fingerprint density at radius 3 is 2.45 bits per heavy atom. The van der Waals surface area contributed by atoms with Gasteiger partial charge in [0, 0.05) is 13.1 Å². The summed E-state index contributed by atoms with van der Waals surface area (Å²) in [4.78, 5) is 28.7. The van der Waals surface area contributed by atoms with E-state index in [1.807, 2.05) is 44.2 Å². The van der Waals surface area contributed by atoms with E-state index in [4.69, 9.17) is 4.74 Å². The lowest BCUT2D eigenvalue weighted by Gasteiger charge is -2.33. The smallest absolute Gasteiger partial charge is 0.256 e. The molecule has 0 N–H and O–H groups in total. The molecule has 3 atom stereocenters. The van der Waals surface area contributed by atoms with Gasteiger partial charge in [-0.3, -0.25) is 9.59 Å². The Balaban J connectivity index is 1.57. The normalized spacial score (nSPS) is 29.4. The molecule has 6 heteroatoms. The summed E-state index contributed by atoms with van der Waals surface area (Å²) in [5.74, 6) is 0.0470. The zero-order valence-corrected chi connectivity index (χ0v) is 16.7. The summed E-state index contributed by atoms with van der Waals surface area (Å²) in [7, 11) is 0. The monoisotopic (exact) mass is 391 g/mol. The van der Waals surface area contributed by atoms with Crippen molar-refractivity contribution in [3.8, 4) is 5.75 Å². The predicted molar refractivity (Wildman–Crippen MR) is 109 cm³/mol. The maximum Gasteiger partial charge on any atom is 0.256 e. The summed E-state index contributed by atoms with van der Waals surface area (Å²) in [5, 5.41) is 4.38. The van der Waals surface area contributed by atoms with Crippen molar-refractivity contribution in [2.24, 2.45) is 5.92 Å². The van der Waals surface area contributed by atoms with Crippen LogP contribution in [0.25, 0.3) is 0 Å². The van der Waals surface area contributed by atoms with Gasteiger partial charge < -0.3 is 4.74 Å². The highest BCUT2D eigenvalue weighted by molar-refractivity contribution is 6.26. The quantitative estimate of drug-likeness (QED) is 0.750. The third kappa shape index (κ3) is 2.49. The van der Waals surface area contributed by atoms with Crippen molar-refractivity contribution in [2.75, 3.05) is 24.6 Å². The minimum atomic E-state index is -0.854. The number of rotatable bonds is 4. The van der Waals surface area contributed by atoms with E-state index in [0.29, 0.717) is 12.3 Å². The molecule has 3 saturated heterocycles. The zero-order valence-electron chi connectivity index (χ0n) is 16.7. The Labute approximate surface area is 170 Å². The van der Waals surface area contributed by atoms with Crippen LogP contribution in [0.1, 0.15) is 31.9 Å². The number of nitrogens with zero attached hydrogens (tertiary/aromatic N) is 3. The summed E-state index contributed by atoms with van der Waals surface area (Å²) in [5.41, 5.74) is 0.839. The summed E-state index contributed by atoms with van der Waals surface area (Å²) < 4.78 is 5.50. The van der Waals surface area contributed by atoms with E-state index in [1.165, 1.54) is 4.90 Å². The Bertz CT molecular complexity index is 946. The molecule has 0 saturated carbocycles. The van der Waals surface area contributed by atoms with Gasteiger partial charge in [0.05, 0.1) is 24.3 Å². The maximum atomic E-state index is 13.7. The molecular weight excluding hydrogens is 366 g/mol. The molecule has 3 aliphatic heterocycles. The van der Waals surface area contributed by atoms with E-state index >= 15 is 0 Å². The first-order valence-electron chi connectivity index (χ1n) is 10.3. The molecule has 0 spiro atoms. The number of hydrogen-bond acceptors (Lipinski definition) is 5. The van der Waals surface area contributed by atoms with Gasteiger partial charge in [0.25, 0.3) is 5.91 Å². The van der Waals surface area contributed by atoms with Crippen LogP contribution in [0, 0.1) is 5.92 Å². The first-order chi connectivity index (χ1) is 14.1. The molecule has 2 amide bonds. The fraction of sp³-hybridized carbons (Fsp3) is 0.391. The highest BCUT2D eigenvalue weighted by Crippen LogP contribution is 2.54. The summed E-state index contributed by atoms with van der Waals surface area (Å²) >= 11 is 0. The van der Waals surface area contributed by atoms with Crippen LogP contribution in [-0.4, -0.2) is 47.1 Å². The van der Waals surface area contributed by atoms with Crippen molar-refractivity contribution < 1.29 is 14.3 Å². The van der Waals surface area contributed by atoms with E-state index in [9.17, 15) is 9.59 Å². The first-order valence-corrected chi connectivity index (χ1v) is 10.3. The van der Waals surface area contributed by atoms with Crippen LogP contribution in [0.4, 0.5) is 5.69 Å². The van der Waals surface area contributed by atoms with Gasteiger partial charge in [0.1, 0.15) is 11.3 Å². The highest BCUT2D eigenvalue weighted by atomic mass is 16.5. The number of anilines is 1. The van der Waals surface area contributed by atoms with E-state index < -0.39 is 11.5 Å². The summed E-state index contributed by atoms with van der Waals surface area (Å²) in [6.45, 7) is 6.11. The van der Waals surface area contributed by atoms with Gasteiger partial charge in [-0.1, -0.05) is 30.3 Å². The second-order valence-corrected chi connectivity index (χ2v) is 8.03. The summed E-state index contributed by atoms with van der Waals surface area (Å²) in [6.07, 6.45) is 0.996. The molecule has 5 rings (SSSR count). The second kappa shape index (κ2) is 6.68. The van der Waals surface area contributed by atoms with Gasteiger partial charge in [-0.2, -0.15) is 0 Å². The Morgan fingerprint density at radius 2 is 1.76 bits per heavy atom. The molecule has 0 unspecified atom stereocenters. The number of ether oxygens (including phenoxy) is 1. The van der Waals surface area contributed by atoms with Gasteiger partial charge in [-0.25, -0.2) is 14.9 Å². The molecule has 3 aliphatic rings. The molecule has 3 fully saturated rings. The Morgan fingerprint density at radius 1 is 1.03 bits per heavy atom. The van der Waals surface area contributed by atoms with Crippen LogP contribution >= 0.6 is 0 Å². The topological polar surface area (TPSA) is 53.1 Å². The third-order valence-corrected chi connectivity index (χ3v) is 6.52. The van der Waals surface area contributed by atoms with Crippen molar-refractivity contribution in [1.82, 2.24) is 10.0 Å². The van der Waals surface area contributed by atoms with Crippen molar-refractivity contribution in [3.63, 3.8) is 0 Å². The minimum Gasteiger partial charge on any atom is -0.494 e. The van der Waals surface area contributed by atoms with Crippen LogP contribution in [0.2, 0.25) is 0 Å². The van der Waals surface area contributed by atoms with E-state index in [2.05, 4.69) is 22.2 Å². The third-order valence-electron chi connectivity index (χ3n) is 6.52.